The molecule has 0 aromatic carbocycles. The van der Waals surface area contributed by atoms with Crippen LogP contribution in [0.5, 0.6) is 0 Å². The van der Waals surface area contributed by atoms with Crippen LogP contribution in [-0.2, 0) is 23.3 Å². The molecule has 5 aliphatic rings. The number of amides is 1. The van der Waals surface area contributed by atoms with Gasteiger partial charge in [-0.3, -0.25) is 9.48 Å². The van der Waals surface area contributed by atoms with Crippen molar-refractivity contribution < 1.29 is 4.79 Å². The molecule has 0 spiro atoms. The van der Waals surface area contributed by atoms with Gasteiger partial charge in [0.05, 0.1) is 17.2 Å². The van der Waals surface area contributed by atoms with Gasteiger partial charge in [0.15, 0.2) is 0 Å². The summed E-state index contributed by atoms with van der Waals surface area (Å²) in [6.45, 7) is 8.25. The lowest BCUT2D eigenvalue weighted by atomic mass is 9.49. The SMILES string of the molecule is CC(C)(C)n1ncc2c1CCN(C(=O)C13CC4CC(CC(C4)C1)C3)C2. The average molecular weight is 341 g/mol. The third-order valence-electron chi connectivity index (χ3n) is 7.35. The second-order valence-electron chi connectivity index (χ2n) is 10.4. The van der Waals surface area contributed by atoms with Gasteiger partial charge in [0.25, 0.3) is 0 Å². The first kappa shape index (κ1) is 15.9. The largest absolute Gasteiger partial charge is 0.337 e. The summed E-state index contributed by atoms with van der Waals surface area (Å²) in [7, 11) is 0. The maximum absolute atomic E-state index is 13.6. The van der Waals surface area contributed by atoms with Gasteiger partial charge in [0.2, 0.25) is 5.91 Å². The van der Waals surface area contributed by atoms with Crippen LogP contribution in [0.3, 0.4) is 0 Å². The number of carbonyl (C=O) groups is 1. The lowest BCUT2D eigenvalue weighted by molar-refractivity contribution is -0.158. The molecule has 2 heterocycles. The summed E-state index contributed by atoms with van der Waals surface area (Å²) in [5, 5.41) is 4.63. The molecule has 136 valence electrons. The lowest BCUT2D eigenvalue weighted by Crippen LogP contribution is -2.55. The van der Waals surface area contributed by atoms with Crippen LogP contribution in [0.15, 0.2) is 6.20 Å². The van der Waals surface area contributed by atoms with Crippen LogP contribution >= 0.6 is 0 Å². The van der Waals surface area contributed by atoms with Crippen LogP contribution in [0, 0.1) is 23.2 Å². The summed E-state index contributed by atoms with van der Waals surface area (Å²) < 4.78 is 2.16. The minimum atomic E-state index is -0.00766. The highest BCUT2D eigenvalue weighted by atomic mass is 16.2. The third kappa shape index (κ3) is 2.39. The monoisotopic (exact) mass is 341 g/mol. The van der Waals surface area contributed by atoms with Gasteiger partial charge in [-0.2, -0.15) is 5.10 Å². The summed E-state index contributed by atoms with van der Waals surface area (Å²) in [5.74, 6) is 2.97. The molecule has 4 bridgehead atoms. The summed E-state index contributed by atoms with van der Waals surface area (Å²) >= 11 is 0. The molecule has 4 aliphatic carbocycles. The van der Waals surface area contributed by atoms with E-state index in [-0.39, 0.29) is 11.0 Å². The van der Waals surface area contributed by atoms with Crippen molar-refractivity contribution in [2.24, 2.45) is 23.2 Å². The fraction of sp³-hybridized carbons (Fsp3) is 0.810. The normalized spacial score (nSPS) is 36.6. The average Bonchev–Trinajstić information content (AvgIpc) is 2.96. The Hall–Kier alpha value is -1.32. The van der Waals surface area contributed by atoms with E-state index in [2.05, 4.69) is 35.5 Å². The molecule has 25 heavy (non-hydrogen) atoms. The van der Waals surface area contributed by atoms with Crippen LogP contribution in [0.2, 0.25) is 0 Å². The third-order valence-corrected chi connectivity index (χ3v) is 7.35. The summed E-state index contributed by atoms with van der Waals surface area (Å²) in [4.78, 5) is 15.7. The van der Waals surface area contributed by atoms with Crippen LogP contribution < -0.4 is 0 Å². The van der Waals surface area contributed by atoms with Crippen LogP contribution in [-0.4, -0.2) is 27.1 Å². The van der Waals surface area contributed by atoms with Crippen molar-refractivity contribution in [3.05, 3.63) is 17.5 Å². The Morgan fingerprint density at radius 3 is 2.28 bits per heavy atom. The standard InChI is InChI=1S/C21H31N3O/c1-20(2,3)24-18-4-5-23(13-17(18)12-22-24)19(25)21-9-14-6-15(10-21)8-16(7-14)11-21/h12,14-16H,4-11,13H2,1-3H3. The molecule has 4 nitrogen and oxygen atoms in total. The predicted octanol–water partition coefficient (Wildman–Crippen LogP) is 3.74. The Kier molecular flexibility index (Phi) is 3.25. The molecule has 6 rings (SSSR count). The summed E-state index contributed by atoms with van der Waals surface area (Å²) in [5.41, 5.74) is 2.60. The highest BCUT2D eigenvalue weighted by molar-refractivity contribution is 5.83. The van der Waals surface area contributed by atoms with Crippen LogP contribution in [0.1, 0.15) is 70.6 Å². The van der Waals surface area contributed by atoms with E-state index in [0.717, 1.165) is 37.3 Å². The molecule has 1 aromatic rings. The van der Waals surface area contributed by atoms with E-state index in [9.17, 15) is 4.79 Å². The topological polar surface area (TPSA) is 38.1 Å². The Morgan fingerprint density at radius 2 is 1.72 bits per heavy atom. The van der Waals surface area contributed by atoms with Gasteiger partial charge in [-0.05, 0) is 77.0 Å². The van der Waals surface area contributed by atoms with Crippen LogP contribution in [0.4, 0.5) is 0 Å². The minimum Gasteiger partial charge on any atom is -0.337 e. The predicted molar refractivity (Wildman–Crippen MR) is 96.9 cm³/mol. The van der Waals surface area contributed by atoms with Crippen molar-refractivity contribution in [3.8, 4) is 0 Å². The quantitative estimate of drug-likeness (QED) is 0.780. The van der Waals surface area contributed by atoms with Crippen molar-refractivity contribution >= 4 is 5.91 Å². The van der Waals surface area contributed by atoms with E-state index in [1.54, 1.807) is 0 Å². The lowest BCUT2D eigenvalue weighted by Gasteiger charge is -2.56. The summed E-state index contributed by atoms with van der Waals surface area (Å²) in [6.07, 6.45) is 10.6. The summed E-state index contributed by atoms with van der Waals surface area (Å²) in [6, 6.07) is 0. The zero-order valence-electron chi connectivity index (χ0n) is 15.9. The van der Waals surface area contributed by atoms with Crippen molar-refractivity contribution in [1.29, 1.82) is 0 Å². The highest BCUT2D eigenvalue weighted by Gasteiger charge is 2.55. The Labute approximate surface area is 151 Å². The van der Waals surface area contributed by atoms with Crippen molar-refractivity contribution in [1.82, 2.24) is 14.7 Å². The first-order chi connectivity index (χ1) is 11.8. The zero-order valence-corrected chi connectivity index (χ0v) is 15.9. The smallest absolute Gasteiger partial charge is 0.229 e. The van der Waals surface area contributed by atoms with Gasteiger partial charge < -0.3 is 4.90 Å². The van der Waals surface area contributed by atoms with E-state index in [4.69, 9.17) is 0 Å². The number of nitrogens with zero attached hydrogens (tertiary/aromatic N) is 3. The van der Waals surface area contributed by atoms with Gasteiger partial charge in [0.1, 0.15) is 0 Å². The molecule has 4 saturated carbocycles. The maximum Gasteiger partial charge on any atom is 0.229 e. The molecule has 1 aromatic heterocycles. The van der Waals surface area contributed by atoms with Gasteiger partial charge in [-0.25, -0.2) is 0 Å². The van der Waals surface area contributed by atoms with E-state index in [1.165, 1.54) is 49.8 Å². The number of hydrogen-bond donors (Lipinski definition) is 0. The second kappa shape index (κ2) is 5.11. The van der Waals surface area contributed by atoms with Gasteiger partial charge >= 0.3 is 0 Å². The molecule has 1 amide bonds. The number of hydrogen-bond acceptors (Lipinski definition) is 2. The Balaban J connectivity index is 1.39. The molecule has 4 fully saturated rings. The van der Waals surface area contributed by atoms with Crippen molar-refractivity contribution in [2.75, 3.05) is 6.54 Å². The Morgan fingerprint density at radius 1 is 1.12 bits per heavy atom. The molecule has 0 unspecified atom stereocenters. The van der Waals surface area contributed by atoms with Gasteiger partial charge in [-0.15, -0.1) is 0 Å². The second-order valence-corrected chi connectivity index (χ2v) is 10.4. The molecule has 0 N–H and O–H groups in total. The van der Waals surface area contributed by atoms with E-state index in [1.807, 2.05) is 6.20 Å². The highest BCUT2D eigenvalue weighted by Crippen LogP contribution is 2.60. The number of rotatable bonds is 1. The maximum atomic E-state index is 13.6. The van der Waals surface area contributed by atoms with E-state index >= 15 is 0 Å². The number of aromatic nitrogens is 2. The van der Waals surface area contributed by atoms with Crippen molar-refractivity contribution in [2.45, 2.75) is 77.8 Å². The van der Waals surface area contributed by atoms with Gasteiger partial charge in [-0.1, -0.05) is 0 Å². The van der Waals surface area contributed by atoms with Crippen LogP contribution in [0.25, 0.3) is 0 Å². The number of fused-ring (bicyclic) bond motifs is 1. The van der Waals surface area contributed by atoms with E-state index < -0.39 is 0 Å². The molecule has 0 saturated heterocycles. The van der Waals surface area contributed by atoms with E-state index in [0.29, 0.717) is 5.91 Å². The molecular weight excluding hydrogens is 310 g/mol. The number of carbonyl (C=O) groups excluding carboxylic acids is 1. The fourth-order valence-corrected chi connectivity index (χ4v) is 6.79. The first-order valence-electron chi connectivity index (χ1n) is 10.2. The molecule has 1 aliphatic heterocycles. The molecule has 0 atom stereocenters. The van der Waals surface area contributed by atoms with Gasteiger partial charge in [0, 0.05) is 30.8 Å². The minimum absolute atomic E-state index is 0.00766. The first-order valence-corrected chi connectivity index (χ1v) is 10.2. The molecule has 0 radical (unpaired) electrons. The van der Waals surface area contributed by atoms with Crippen molar-refractivity contribution in [3.63, 3.8) is 0 Å². The molecular formula is C21H31N3O. The molecule has 4 heteroatoms. The Bertz CT molecular complexity index is 676. The zero-order chi connectivity index (χ0) is 17.4. The fourth-order valence-electron chi connectivity index (χ4n) is 6.79.